The number of hydrazine groups is 1. The van der Waals surface area contributed by atoms with Crippen LogP contribution in [0.25, 0.3) is 0 Å². The SMILES string of the molecule is NNC(Cc1ccc(Cl)cc1)c1cccc(OC2CC2)c1. The summed E-state index contributed by atoms with van der Waals surface area (Å²) in [7, 11) is 0. The van der Waals surface area contributed by atoms with Crippen LogP contribution in [0, 0.1) is 0 Å². The maximum absolute atomic E-state index is 5.92. The second kappa shape index (κ2) is 6.48. The third-order valence-corrected chi connectivity index (χ3v) is 3.89. The van der Waals surface area contributed by atoms with Crippen molar-refractivity contribution >= 4 is 11.6 Å². The molecule has 110 valence electrons. The van der Waals surface area contributed by atoms with E-state index < -0.39 is 0 Å². The third-order valence-electron chi connectivity index (χ3n) is 3.64. The van der Waals surface area contributed by atoms with Crippen LogP contribution in [0.5, 0.6) is 5.75 Å². The lowest BCUT2D eigenvalue weighted by molar-refractivity contribution is 0.302. The zero-order valence-corrected chi connectivity index (χ0v) is 12.5. The van der Waals surface area contributed by atoms with Crippen molar-refractivity contribution in [3.8, 4) is 5.75 Å². The molecule has 0 heterocycles. The monoisotopic (exact) mass is 302 g/mol. The van der Waals surface area contributed by atoms with Crippen LogP contribution in [0.2, 0.25) is 5.02 Å². The van der Waals surface area contributed by atoms with Crippen molar-refractivity contribution in [2.45, 2.75) is 31.4 Å². The molecule has 21 heavy (non-hydrogen) atoms. The van der Waals surface area contributed by atoms with Crippen LogP contribution in [-0.2, 0) is 6.42 Å². The lowest BCUT2D eigenvalue weighted by Crippen LogP contribution is -2.29. The van der Waals surface area contributed by atoms with E-state index in [1.807, 2.05) is 36.4 Å². The number of nitrogens with two attached hydrogens (primary N) is 1. The number of ether oxygens (including phenoxy) is 1. The first kappa shape index (κ1) is 14.4. The molecular weight excluding hydrogens is 284 g/mol. The van der Waals surface area contributed by atoms with E-state index in [9.17, 15) is 0 Å². The Balaban J connectivity index is 1.73. The molecule has 4 heteroatoms. The first-order valence-electron chi connectivity index (χ1n) is 7.22. The lowest BCUT2D eigenvalue weighted by Gasteiger charge is -2.17. The van der Waals surface area contributed by atoms with Gasteiger partial charge in [0.1, 0.15) is 5.75 Å². The fourth-order valence-electron chi connectivity index (χ4n) is 2.31. The smallest absolute Gasteiger partial charge is 0.120 e. The zero-order valence-electron chi connectivity index (χ0n) is 11.8. The normalized spacial score (nSPS) is 15.7. The van der Waals surface area contributed by atoms with Crippen LogP contribution in [0.4, 0.5) is 0 Å². The molecule has 0 amide bonds. The molecule has 0 spiro atoms. The van der Waals surface area contributed by atoms with Crippen molar-refractivity contribution in [1.29, 1.82) is 0 Å². The number of rotatable bonds is 6. The van der Waals surface area contributed by atoms with Gasteiger partial charge in [0.15, 0.2) is 0 Å². The second-order valence-corrected chi connectivity index (χ2v) is 5.88. The minimum atomic E-state index is 0.0499. The molecule has 2 aromatic carbocycles. The maximum Gasteiger partial charge on any atom is 0.120 e. The van der Waals surface area contributed by atoms with E-state index in [0.717, 1.165) is 35.6 Å². The van der Waals surface area contributed by atoms with Gasteiger partial charge in [-0.1, -0.05) is 35.9 Å². The van der Waals surface area contributed by atoms with Crippen LogP contribution in [0.3, 0.4) is 0 Å². The predicted octanol–water partition coefficient (Wildman–Crippen LogP) is 3.63. The fraction of sp³-hybridized carbons (Fsp3) is 0.294. The quantitative estimate of drug-likeness (QED) is 0.633. The third kappa shape index (κ3) is 3.97. The minimum Gasteiger partial charge on any atom is -0.490 e. The Morgan fingerprint density at radius 3 is 2.62 bits per heavy atom. The molecule has 1 aliphatic carbocycles. The Labute approximate surface area is 130 Å². The average molecular weight is 303 g/mol. The zero-order chi connectivity index (χ0) is 14.7. The van der Waals surface area contributed by atoms with Crippen LogP contribution in [0.15, 0.2) is 48.5 Å². The topological polar surface area (TPSA) is 47.3 Å². The molecule has 1 aliphatic rings. The highest BCUT2D eigenvalue weighted by Crippen LogP contribution is 2.29. The Hall–Kier alpha value is -1.55. The first-order chi connectivity index (χ1) is 10.2. The molecule has 1 unspecified atom stereocenters. The van der Waals surface area contributed by atoms with Gasteiger partial charge < -0.3 is 4.74 Å². The Morgan fingerprint density at radius 2 is 1.95 bits per heavy atom. The summed E-state index contributed by atoms with van der Waals surface area (Å²) < 4.78 is 5.84. The summed E-state index contributed by atoms with van der Waals surface area (Å²) in [5.74, 6) is 6.65. The molecular formula is C17H19ClN2O. The molecule has 3 nitrogen and oxygen atoms in total. The van der Waals surface area contributed by atoms with Crippen molar-refractivity contribution in [2.75, 3.05) is 0 Å². The molecule has 0 radical (unpaired) electrons. The molecule has 0 bridgehead atoms. The number of nitrogens with one attached hydrogen (secondary N) is 1. The highest BCUT2D eigenvalue weighted by Gasteiger charge is 2.23. The lowest BCUT2D eigenvalue weighted by atomic mass is 9.99. The van der Waals surface area contributed by atoms with Crippen LogP contribution in [-0.4, -0.2) is 6.10 Å². The van der Waals surface area contributed by atoms with Crippen molar-refractivity contribution in [2.24, 2.45) is 5.84 Å². The summed E-state index contributed by atoms with van der Waals surface area (Å²) in [6.07, 6.45) is 3.53. The predicted molar refractivity (Wildman–Crippen MR) is 85.3 cm³/mol. The summed E-state index contributed by atoms with van der Waals surface area (Å²) in [4.78, 5) is 0. The van der Waals surface area contributed by atoms with E-state index in [-0.39, 0.29) is 6.04 Å². The second-order valence-electron chi connectivity index (χ2n) is 5.44. The minimum absolute atomic E-state index is 0.0499. The van der Waals surface area contributed by atoms with E-state index in [1.165, 1.54) is 5.56 Å². The highest BCUT2D eigenvalue weighted by atomic mass is 35.5. The molecule has 3 N–H and O–H groups in total. The van der Waals surface area contributed by atoms with E-state index in [4.69, 9.17) is 22.2 Å². The Morgan fingerprint density at radius 1 is 1.19 bits per heavy atom. The Kier molecular flexibility index (Phi) is 4.44. The Bertz CT molecular complexity index is 596. The number of hydrogen-bond acceptors (Lipinski definition) is 3. The average Bonchev–Trinajstić information content (AvgIpc) is 3.31. The number of benzene rings is 2. The molecule has 1 fully saturated rings. The fourth-order valence-corrected chi connectivity index (χ4v) is 2.44. The van der Waals surface area contributed by atoms with Gasteiger partial charge in [-0.2, -0.15) is 0 Å². The molecule has 0 aromatic heterocycles. The van der Waals surface area contributed by atoms with Crippen molar-refractivity contribution in [1.82, 2.24) is 5.43 Å². The first-order valence-corrected chi connectivity index (χ1v) is 7.59. The summed E-state index contributed by atoms with van der Waals surface area (Å²) in [5.41, 5.74) is 5.21. The van der Waals surface area contributed by atoms with Gasteiger partial charge in [0.05, 0.1) is 12.1 Å². The van der Waals surface area contributed by atoms with Crippen LogP contribution in [0.1, 0.15) is 30.0 Å². The molecule has 0 aliphatic heterocycles. The van der Waals surface area contributed by atoms with E-state index in [2.05, 4.69) is 17.6 Å². The van der Waals surface area contributed by atoms with Gasteiger partial charge in [0.2, 0.25) is 0 Å². The van der Waals surface area contributed by atoms with Gasteiger partial charge >= 0.3 is 0 Å². The number of hydrogen-bond donors (Lipinski definition) is 2. The van der Waals surface area contributed by atoms with Crippen LogP contribution >= 0.6 is 11.6 Å². The van der Waals surface area contributed by atoms with Crippen molar-refractivity contribution < 1.29 is 4.74 Å². The summed E-state index contributed by atoms with van der Waals surface area (Å²) in [6.45, 7) is 0. The highest BCUT2D eigenvalue weighted by molar-refractivity contribution is 6.30. The molecule has 2 aromatic rings. The molecule has 0 saturated heterocycles. The van der Waals surface area contributed by atoms with Gasteiger partial charge in [-0.15, -0.1) is 0 Å². The van der Waals surface area contributed by atoms with E-state index in [1.54, 1.807) is 0 Å². The van der Waals surface area contributed by atoms with E-state index >= 15 is 0 Å². The molecule has 3 rings (SSSR count). The standard InChI is InChI=1S/C17H19ClN2O/c18-14-6-4-12(5-7-14)10-17(20-19)13-2-1-3-16(11-13)21-15-8-9-15/h1-7,11,15,17,20H,8-10,19H2. The molecule has 1 saturated carbocycles. The van der Waals surface area contributed by atoms with Crippen molar-refractivity contribution in [3.63, 3.8) is 0 Å². The summed E-state index contributed by atoms with van der Waals surface area (Å²) >= 11 is 5.92. The summed E-state index contributed by atoms with van der Waals surface area (Å²) in [6, 6.07) is 16.0. The van der Waals surface area contributed by atoms with Gasteiger partial charge in [-0.05, 0) is 54.7 Å². The van der Waals surface area contributed by atoms with Crippen LogP contribution < -0.4 is 16.0 Å². The summed E-state index contributed by atoms with van der Waals surface area (Å²) in [5, 5.41) is 0.746. The van der Waals surface area contributed by atoms with Gasteiger partial charge in [0, 0.05) is 5.02 Å². The van der Waals surface area contributed by atoms with Gasteiger partial charge in [-0.3, -0.25) is 11.3 Å². The van der Waals surface area contributed by atoms with Gasteiger partial charge in [-0.25, -0.2) is 0 Å². The van der Waals surface area contributed by atoms with Gasteiger partial charge in [0.25, 0.3) is 0 Å². The van der Waals surface area contributed by atoms with E-state index in [0.29, 0.717) is 6.10 Å². The van der Waals surface area contributed by atoms with Crippen molar-refractivity contribution in [3.05, 3.63) is 64.7 Å². The largest absolute Gasteiger partial charge is 0.490 e. The molecule has 1 atom stereocenters. The maximum atomic E-state index is 5.92. The number of halogens is 1.